The predicted molar refractivity (Wildman–Crippen MR) is 72.0 cm³/mol. The van der Waals surface area contributed by atoms with Gasteiger partial charge in [0, 0.05) is 6.20 Å². The molecule has 1 aliphatic rings. The third-order valence-electron chi connectivity index (χ3n) is 3.82. The molecule has 4 nitrogen and oxygen atoms in total. The van der Waals surface area contributed by atoms with Gasteiger partial charge in [-0.2, -0.15) is 0 Å². The zero-order chi connectivity index (χ0) is 13.9. The number of nitrogens with zero attached hydrogens (tertiary/aromatic N) is 1. The van der Waals surface area contributed by atoms with Crippen molar-refractivity contribution in [2.24, 2.45) is 5.41 Å². The second kappa shape index (κ2) is 5.70. The number of hydrogen-bond donors (Lipinski definition) is 1. The Labute approximate surface area is 113 Å². The van der Waals surface area contributed by atoms with Crippen LogP contribution in [0.1, 0.15) is 55.6 Å². The molecule has 1 aliphatic carbocycles. The highest BCUT2D eigenvalue weighted by Gasteiger charge is 2.27. The molecule has 0 saturated heterocycles. The number of hydrogen-bond acceptors (Lipinski definition) is 3. The number of aromatic nitrogens is 1. The molecule has 0 aromatic carbocycles. The molecule has 1 saturated carbocycles. The van der Waals surface area contributed by atoms with Gasteiger partial charge in [0.05, 0.1) is 24.0 Å². The largest absolute Gasteiger partial charge is 0.478 e. The minimum Gasteiger partial charge on any atom is -0.478 e. The van der Waals surface area contributed by atoms with Crippen LogP contribution in [-0.2, 0) is 11.3 Å². The highest BCUT2D eigenvalue weighted by atomic mass is 16.5. The lowest BCUT2D eigenvalue weighted by Gasteiger charge is -2.34. The highest BCUT2D eigenvalue weighted by Crippen LogP contribution is 2.36. The van der Waals surface area contributed by atoms with Crippen LogP contribution in [0, 0.1) is 5.41 Å². The Kier molecular flexibility index (Phi) is 4.20. The number of ether oxygens (including phenoxy) is 1. The van der Waals surface area contributed by atoms with E-state index in [1.54, 1.807) is 12.1 Å². The van der Waals surface area contributed by atoms with E-state index in [0.29, 0.717) is 18.1 Å². The van der Waals surface area contributed by atoms with Crippen LogP contribution in [0.3, 0.4) is 0 Å². The molecule has 19 heavy (non-hydrogen) atoms. The quantitative estimate of drug-likeness (QED) is 0.905. The molecule has 1 heterocycles. The van der Waals surface area contributed by atoms with Crippen molar-refractivity contribution in [3.05, 3.63) is 29.6 Å². The van der Waals surface area contributed by atoms with Crippen molar-refractivity contribution in [1.82, 2.24) is 4.98 Å². The summed E-state index contributed by atoms with van der Waals surface area (Å²) in [5.74, 6) is -0.950. The first-order valence-corrected chi connectivity index (χ1v) is 6.76. The van der Waals surface area contributed by atoms with Crippen molar-refractivity contribution in [1.29, 1.82) is 0 Å². The van der Waals surface area contributed by atoms with Crippen LogP contribution in [0.2, 0.25) is 0 Å². The molecule has 1 aromatic rings. The molecule has 0 amide bonds. The second-order valence-corrected chi connectivity index (χ2v) is 6.02. The lowest BCUT2D eigenvalue weighted by atomic mass is 9.76. The van der Waals surface area contributed by atoms with E-state index >= 15 is 0 Å². The average molecular weight is 263 g/mol. The molecule has 4 heteroatoms. The van der Waals surface area contributed by atoms with E-state index in [1.807, 2.05) is 0 Å². The first-order chi connectivity index (χ1) is 8.96. The molecule has 1 N–H and O–H groups in total. The summed E-state index contributed by atoms with van der Waals surface area (Å²) in [6.07, 6.45) is 6.28. The summed E-state index contributed by atoms with van der Waals surface area (Å²) >= 11 is 0. The van der Waals surface area contributed by atoms with E-state index < -0.39 is 5.97 Å². The van der Waals surface area contributed by atoms with Gasteiger partial charge in [-0.25, -0.2) is 4.79 Å². The molecule has 104 valence electrons. The SMILES string of the molecule is CC1(C)CCC(OCc2ccc(C(=O)O)cn2)CC1. The second-order valence-electron chi connectivity index (χ2n) is 6.02. The van der Waals surface area contributed by atoms with Crippen molar-refractivity contribution in [3.63, 3.8) is 0 Å². The van der Waals surface area contributed by atoms with Gasteiger partial charge in [0.25, 0.3) is 0 Å². The van der Waals surface area contributed by atoms with Crippen LogP contribution in [0.4, 0.5) is 0 Å². The summed E-state index contributed by atoms with van der Waals surface area (Å²) in [7, 11) is 0. The molecule has 0 atom stereocenters. The maximum atomic E-state index is 10.7. The van der Waals surface area contributed by atoms with Gasteiger partial charge in [0.2, 0.25) is 0 Å². The van der Waals surface area contributed by atoms with Gasteiger partial charge in [-0.3, -0.25) is 4.98 Å². The molecule has 1 aromatic heterocycles. The van der Waals surface area contributed by atoms with Crippen molar-refractivity contribution in [2.75, 3.05) is 0 Å². The van der Waals surface area contributed by atoms with Gasteiger partial charge in [0.1, 0.15) is 0 Å². The number of rotatable bonds is 4. The molecule has 0 aliphatic heterocycles. The topological polar surface area (TPSA) is 59.4 Å². The summed E-state index contributed by atoms with van der Waals surface area (Å²) < 4.78 is 5.85. The van der Waals surface area contributed by atoms with E-state index in [-0.39, 0.29) is 5.56 Å². The molecular weight excluding hydrogens is 242 g/mol. The van der Waals surface area contributed by atoms with Crippen molar-refractivity contribution < 1.29 is 14.6 Å². The number of carboxylic acid groups (broad SMARTS) is 1. The monoisotopic (exact) mass is 263 g/mol. The normalized spacial score (nSPS) is 19.3. The third-order valence-corrected chi connectivity index (χ3v) is 3.82. The highest BCUT2D eigenvalue weighted by molar-refractivity contribution is 5.87. The molecule has 0 radical (unpaired) electrons. The van der Waals surface area contributed by atoms with Gasteiger partial charge in [0.15, 0.2) is 0 Å². The minimum atomic E-state index is -0.950. The first-order valence-electron chi connectivity index (χ1n) is 6.76. The van der Waals surface area contributed by atoms with Crippen molar-refractivity contribution >= 4 is 5.97 Å². The van der Waals surface area contributed by atoms with E-state index in [9.17, 15) is 4.79 Å². The zero-order valence-electron chi connectivity index (χ0n) is 11.6. The summed E-state index contributed by atoms with van der Waals surface area (Å²) in [5, 5.41) is 8.79. The number of carboxylic acids is 1. The van der Waals surface area contributed by atoms with E-state index in [2.05, 4.69) is 18.8 Å². The molecular formula is C15H21NO3. The Morgan fingerprint density at radius 3 is 2.63 bits per heavy atom. The third kappa shape index (κ3) is 4.03. The summed E-state index contributed by atoms with van der Waals surface area (Å²) in [6.45, 7) is 5.07. The van der Waals surface area contributed by atoms with Crippen molar-refractivity contribution in [2.45, 2.75) is 52.2 Å². The summed E-state index contributed by atoms with van der Waals surface area (Å²) in [6, 6.07) is 3.29. The zero-order valence-corrected chi connectivity index (χ0v) is 11.6. The Bertz CT molecular complexity index is 429. The lowest BCUT2D eigenvalue weighted by molar-refractivity contribution is -0.00689. The predicted octanol–water partition coefficient (Wildman–Crippen LogP) is 3.27. The van der Waals surface area contributed by atoms with Crippen LogP contribution in [0.25, 0.3) is 0 Å². The van der Waals surface area contributed by atoms with Gasteiger partial charge in [-0.05, 0) is 43.2 Å². The Hall–Kier alpha value is -1.42. The molecule has 0 bridgehead atoms. The van der Waals surface area contributed by atoms with Crippen molar-refractivity contribution in [3.8, 4) is 0 Å². The van der Waals surface area contributed by atoms with Gasteiger partial charge >= 0.3 is 5.97 Å². The first kappa shape index (κ1) is 14.0. The lowest BCUT2D eigenvalue weighted by Crippen LogP contribution is -2.26. The fourth-order valence-corrected chi connectivity index (χ4v) is 2.38. The summed E-state index contributed by atoms with van der Waals surface area (Å²) in [4.78, 5) is 14.8. The van der Waals surface area contributed by atoms with Gasteiger partial charge in [-0.15, -0.1) is 0 Å². The maximum Gasteiger partial charge on any atom is 0.337 e. The fourth-order valence-electron chi connectivity index (χ4n) is 2.38. The summed E-state index contributed by atoms with van der Waals surface area (Å²) in [5.41, 5.74) is 1.44. The molecule has 0 spiro atoms. The maximum absolute atomic E-state index is 10.7. The number of pyridine rings is 1. The Morgan fingerprint density at radius 2 is 2.11 bits per heavy atom. The van der Waals surface area contributed by atoms with Crippen LogP contribution in [0.15, 0.2) is 18.3 Å². The van der Waals surface area contributed by atoms with E-state index in [1.165, 1.54) is 19.0 Å². The molecule has 2 rings (SSSR count). The molecule has 0 unspecified atom stereocenters. The van der Waals surface area contributed by atoms with E-state index in [4.69, 9.17) is 9.84 Å². The van der Waals surface area contributed by atoms with Crippen LogP contribution >= 0.6 is 0 Å². The Morgan fingerprint density at radius 1 is 1.42 bits per heavy atom. The standard InChI is InChI=1S/C15H21NO3/c1-15(2)7-5-13(6-8-15)19-10-12-4-3-11(9-16-12)14(17)18/h3-4,9,13H,5-8,10H2,1-2H3,(H,17,18). The molecule has 1 fully saturated rings. The smallest absolute Gasteiger partial charge is 0.337 e. The fraction of sp³-hybridized carbons (Fsp3) is 0.600. The van der Waals surface area contributed by atoms with Crippen LogP contribution in [0.5, 0.6) is 0 Å². The van der Waals surface area contributed by atoms with E-state index in [0.717, 1.165) is 18.5 Å². The van der Waals surface area contributed by atoms with Crippen LogP contribution in [-0.4, -0.2) is 22.2 Å². The number of aromatic carboxylic acids is 1. The number of carbonyl (C=O) groups is 1. The van der Waals surface area contributed by atoms with Crippen LogP contribution < -0.4 is 0 Å². The minimum absolute atomic E-state index is 0.211. The average Bonchev–Trinajstić information content (AvgIpc) is 2.38. The van der Waals surface area contributed by atoms with Gasteiger partial charge in [-0.1, -0.05) is 13.8 Å². The van der Waals surface area contributed by atoms with Gasteiger partial charge < -0.3 is 9.84 Å². The Balaban J connectivity index is 1.81.